The SMILES string of the molecule is CC.CCc1ccccc1OCN. The molecule has 0 fully saturated rings. The molecule has 0 saturated heterocycles. The predicted octanol–water partition coefficient (Wildman–Crippen LogP) is 2.57. The minimum atomic E-state index is 0.247. The average molecular weight is 181 g/mol. The van der Waals surface area contributed by atoms with Gasteiger partial charge in [0.05, 0.1) is 0 Å². The zero-order chi connectivity index (χ0) is 10.1. The average Bonchev–Trinajstić information content (AvgIpc) is 2.22. The molecular weight excluding hydrogens is 162 g/mol. The first-order chi connectivity index (χ1) is 6.38. The van der Waals surface area contributed by atoms with Crippen molar-refractivity contribution in [1.82, 2.24) is 0 Å². The summed E-state index contributed by atoms with van der Waals surface area (Å²) in [6, 6.07) is 7.93. The number of nitrogens with two attached hydrogens (primary N) is 1. The van der Waals surface area contributed by atoms with E-state index in [0.29, 0.717) is 0 Å². The third kappa shape index (κ3) is 3.95. The summed E-state index contributed by atoms with van der Waals surface area (Å²) in [5.41, 5.74) is 6.47. The minimum absolute atomic E-state index is 0.247. The van der Waals surface area contributed by atoms with Crippen molar-refractivity contribution in [3.63, 3.8) is 0 Å². The van der Waals surface area contributed by atoms with Gasteiger partial charge in [0.15, 0.2) is 0 Å². The normalized spacial score (nSPS) is 8.62. The van der Waals surface area contributed by atoms with Crippen LogP contribution in [0, 0.1) is 0 Å². The molecule has 0 saturated carbocycles. The van der Waals surface area contributed by atoms with Gasteiger partial charge in [-0.3, -0.25) is 5.73 Å². The fourth-order valence-corrected chi connectivity index (χ4v) is 1.03. The third-order valence-electron chi connectivity index (χ3n) is 1.59. The lowest BCUT2D eigenvalue weighted by Crippen LogP contribution is -2.08. The van der Waals surface area contributed by atoms with Gasteiger partial charge in [0, 0.05) is 0 Å². The highest BCUT2D eigenvalue weighted by Gasteiger charge is 1.97. The Morgan fingerprint density at radius 1 is 1.23 bits per heavy atom. The molecule has 2 nitrogen and oxygen atoms in total. The number of hydrogen-bond acceptors (Lipinski definition) is 2. The summed E-state index contributed by atoms with van der Waals surface area (Å²) in [6.07, 6.45) is 0.982. The first-order valence-corrected chi connectivity index (χ1v) is 4.79. The van der Waals surface area contributed by atoms with Gasteiger partial charge in [-0.25, -0.2) is 0 Å². The van der Waals surface area contributed by atoms with Crippen molar-refractivity contribution in [1.29, 1.82) is 0 Å². The van der Waals surface area contributed by atoms with Gasteiger partial charge in [0.25, 0.3) is 0 Å². The van der Waals surface area contributed by atoms with E-state index in [1.807, 2.05) is 38.1 Å². The second-order valence-electron chi connectivity index (χ2n) is 2.27. The number of hydrogen-bond donors (Lipinski definition) is 1. The van der Waals surface area contributed by atoms with Crippen molar-refractivity contribution in [2.24, 2.45) is 5.73 Å². The standard InChI is InChI=1S/C9H13NO.C2H6/c1-2-8-5-3-4-6-9(8)11-7-10;1-2/h3-6H,2,7,10H2,1H3;1-2H3. The van der Waals surface area contributed by atoms with E-state index in [1.165, 1.54) is 5.56 Å². The highest BCUT2D eigenvalue weighted by Crippen LogP contribution is 2.17. The van der Waals surface area contributed by atoms with Crippen molar-refractivity contribution in [3.05, 3.63) is 29.8 Å². The van der Waals surface area contributed by atoms with E-state index in [0.717, 1.165) is 12.2 Å². The summed E-state index contributed by atoms with van der Waals surface area (Å²) in [6.45, 7) is 6.34. The van der Waals surface area contributed by atoms with Crippen LogP contribution in [0.1, 0.15) is 26.3 Å². The molecule has 13 heavy (non-hydrogen) atoms. The van der Waals surface area contributed by atoms with E-state index >= 15 is 0 Å². The van der Waals surface area contributed by atoms with Crippen LogP contribution in [-0.4, -0.2) is 6.73 Å². The van der Waals surface area contributed by atoms with E-state index in [-0.39, 0.29) is 6.73 Å². The van der Waals surface area contributed by atoms with Crippen molar-refractivity contribution < 1.29 is 4.74 Å². The topological polar surface area (TPSA) is 35.2 Å². The Kier molecular flexibility index (Phi) is 7.02. The van der Waals surface area contributed by atoms with Crippen LogP contribution >= 0.6 is 0 Å². The number of rotatable bonds is 3. The van der Waals surface area contributed by atoms with Crippen LogP contribution in [0.5, 0.6) is 5.75 Å². The molecule has 0 spiro atoms. The van der Waals surface area contributed by atoms with Crippen LogP contribution in [0.25, 0.3) is 0 Å². The molecule has 0 aliphatic heterocycles. The van der Waals surface area contributed by atoms with E-state index in [2.05, 4.69) is 6.92 Å². The van der Waals surface area contributed by atoms with Gasteiger partial charge in [-0.05, 0) is 18.1 Å². The lowest BCUT2D eigenvalue weighted by Gasteiger charge is -2.06. The van der Waals surface area contributed by atoms with Gasteiger partial charge < -0.3 is 4.74 Å². The van der Waals surface area contributed by atoms with Crippen LogP contribution in [-0.2, 0) is 6.42 Å². The van der Waals surface area contributed by atoms with Crippen LogP contribution in [0.15, 0.2) is 24.3 Å². The molecule has 0 atom stereocenters. The molecule has 2 heteroatoms. The van der Waals surface area contributed by atoms with Gasteiger partial charge in [-0.2, -0.15) is 0 Å². The number of ether oxygens (including phenoxy) is 1. The summed E-state index contributed by atoms with van der Waals surface area (Å²) in [5, 5.41) is 0. The smallest absolute Gasteiger partial charge is 0.137 e. The maximum absolute atomic E-state index is 5.26. The highest BCUT2D eigenvalue weighted by molar-refractivity contribution is 5.32. The van der Waals surface area contributed by atoms with Crippen molar-refractivity contribution in [2.45, 2.75) is 27.2 Å². The first-order valence-electron chi connectivity index (χ1n) is 4.79. The summed E-state index contributed by atoms with van der Waals surface area (Å²) >= 11 is 0. The van der Waals surface area contributed by atoms with Gasteiger partial charge >= 0.3 is 0 Å². The van der Waals surface area contributed by atoms with Gasteiger partial charge in [0.2, 0.25) is 0 Å². The number of benzene rings is 1. The molecule has 0 amide bonds. The molecule has 1 aromatic carbocycles. The van der Waals surface area contributed by atoms with E-state index in [4.69, 9.17) is 10.5 Å². The van der Waals surface area contributed by atoms with E-state index in [1.54, 1.807) is 0 Å². The van der Waals surface area contributed by atoms with Crippen molar-refractivity contribution in [3.8, 4) is 5.75 Å². The Labute approximate surface area is 80.7 Å². The Hall–Kier alpha value is -1.02. The Morgan fingerprint density at radius 3 is 2.38 bits per heavy atom. The molecule has 2 N–H and O–H groups in total. The fourth-order valence-electron chi connectivity index (χ4n) is 1.03. The molecule has 0 unspecified atom stereocenters. The summed E-state index contributed by atoms with van der Waals surface area (Å²) in [7, 11) is 0. The first kappa shape index (κ1) is 12.0. The Morgan fingerprint density at radius 2 is 1.85 bits per heavy atom. The van der Waals surface area contributed by atoms with Crippen LogP contribution in [0.3, 0.4) is 0 Å². The second-order valence-corrected chi connectivity index (χ2v) is 2.27. The minimum Gasteiger partial charge on any atom is -0.478 e. The lowest BCUT2D eigenvalue weighted by atomic mass is 10.1. The Bertz CT molecular complexity index is 223. The maximum atomic E-state index is 5.26. The number of aryl methyl sites for hydroxylation is 1. The van der Waals surface area contributed by atoms with E-state index in [9.17, 15) is 0 Å². The molecule has 0 aliphatic rings. The number of para-hydroxylation sites is 1. The molecule has 0 radical (unpaired) electrons. The Balaban J connectivity index is 0.000000671. The van der Waals surface area contributed by atoms with Crippen LogP contribution < -0.4 is 10.5 Å². The second kappa shape index (κ2) is 7.62. The summed E-state index contributed by atoms with van der Waals surface area (Å²) in [4.78, 5) is 0. The monoisotopic (exact) mass is 181 g/mol. The zero-order valence-electron chi connectivity index (χ0n) is 8.71. The van der Waals surface area contributed by atoms with E-state index < -0.39 is 0 Å². The highest BCUT2D eigenvalue weighted by atomic mass is 16.5. The molecular formula is C11H19NO. The molecule has 0 aliphatic carbocycles. The summed E-state index contributed by atoms with van der Waals surface area (Å²) in [5.74, 6) is 0.900. The third-order valence-corrected chi connectivity index (χ3v) is 1.59. The summed E-state index contributed by atoms with van der Waals surface area (Å²) < 4.78 is 5.21. The van der Waals surface area contributed by atoms with Gasteiger partial charge in [-0.15, -0.1) is 0 Å². The molecule has 0 bridgehead atoms. The molecule has 0 aromatic heterocycles. The maximum Gasteiger partial charge on any atom is 0.137 e. The van der Waals surface area contributed by atoms with Gasteiger partial charge in [-0.1, -0.05) is 39.0 Å². The molecule has 1 aromatic rings. The zero-order valence-corrected chi connectivity index (χ0v) is 8.71. The van der Waals surface area contributed by atoms with Crippen molar-refractivity contribution >= 4 is 0 Å². The predicted molar refractivity (Wildman–Crippen MR) is 56.9 cm³/mol. The molecule has 74 valence electrons. The van der Waals surface area contributed by atoms with Crippen LogP contribution in [0.2, 0.25) is 0 Å². The lowest BCUT2D eigenvalue weighted by molar-refractivity contribution is 0.326. The van der Waals surface area contributed by atoms with Gasteiger partial charge in [0.1, 0.15) is 12.5 Å². The largest absolute Gasteiger partial charge is 0.478 e. The quantitative estimate of drug-likeness (QED) is 0.727. The van der Waals surface area contributed by atoms with Crippen LogP contribution in [0.4, 0.5) is 0 Å². The fraction of sp³-hybridized carbons (Fsp3) is 0.455. The molecule has 1 rings (SSSR count). The van der Waals surface area contributed by atoms with Crippen molar-refractivity contribution in [2.75, 3.05) is 6.73 Å². The molecule has 0 heterocycles.